The van der Waals surface area contributed by atoms with Crippen LogP contribution >= 0.6 is 0 Å². The molecule has 0 fully saturated rings. The van der Waals surface area contributed by atoms with Gasteiger partial charge < -0.3 is 37.3 Å². The van der Waals surface area contributed by atoms with Gasteiger partial charge in [0.05, 0.1) is 45.5 Å². The number of nitrogens with zero attached hydrogens (tertiary/aromatic N) is 4. The maximum Gasteiger partial charge on any atom is 0.159 e. The van der Waals surface area contributed by atoms with E-state index in [2.05, 4.69) is 427 Å². The van der Waals surface area contributed by atoms with Gasteiger partial charge in [-0.05, 0) is 198 Å². The Morgan fingerprint density at radius 3 is 0.618 bits per heavy atom. The molecule has 0 aliphatic rings. The van der Waals surface area contributed by atoms with Gasteiger partial charge in [0.1, 0.15) is 22.3 Å². The normalized spacial score (nSPS) is 12.6. The molecule has 123 heavy (non-hydrogen) atoms. The molecule has 0 atom stereocenters. The van der Waals surface area contributed by atoms with E-state index in [1.165, 1.54) is 43.8 Å². The van der Waals surface area contributed by atoms with Gasteiger partial charge in [-0.1, -0.05) is 298 Å². The molecule has 4 heterocycles. The number of hydrogen-bond acceptors (Lipinski definition) is 8. The molecule has 20 aromatic carbocycles. The summed E-state index contributed by atoms with van der Waals surface area (Å²) in [5, 5.41) is 22.5. The molecular formula is C115H84N4O4. The minimum absolute atomic E-state index is 0.0303. The van der Waals surface area contributed by atoms with Crippen molar-refractivity contribution in [1.82, 2.24) is 0 Å². The summed E-state index contributed by atoms with van der Waals surface area (Å²) in [6, 6.07) is 133. The van der Waals surface area contributed by atoms with Gasteiger partial charge in [-0.2, -0.15) is 0 Å². The van der Waals surface area contributed by atoms with Crippen LogP contribution in [0.2, 0.25) is 0 Å². The average Bonchev–Trinajstić information content (AvgIpc) is 0.820. The Labute approximate surface area is 711 Å². The molecule has 0 spiro atoms. The number of anilines is 12. The fraction of sp³-hybridized carbons (Fsp3) is 0.0957. The van der Waals surface area contributed by atoms with Crippen molar-refractivity contribution in [2.75, 3.05) is 19.6 Å². The molecule has 4 aromatic heterocycles. The third-order valence-electron chi connectivity index (χ3n) is 26.4. The van der Waals surface area contributed by atoms with Gasteiger partial charge in [0.25, 0.3) is 0 Å². The SMILES string of the molecule is CC(C)(C)c1ccc(N(c2ccc3ccc4c(N(c5ccc(C(C)(C)c6ccc(N(c7ccc8ccc9c(N(c%10ccc(C(C)(C)C)cc%10)c%10cccc%11c%10oc%10ccccc%10%11)ccc%10ccc7c8c%109)c7cccc8c7oc7ccccc78)cc6)cc5)c5cccc6c5oc5ccccc56)ccc5ccc2c3c54)c2cccc3c2oc2ccccc23)cc1. The lowest BCUT2D eigenvalue weighted by Crippen LogP contribution is -2.19. The van der Waals surface area contributed by atoms with Crippen LogP contribution in [0.3, 0.4) is 0 Å². The number of furan rings is 4. The van der Waals surface area contributed by atoms with E-state index in [-0.39, 0.29) is 10.8 Å². The van der Waals surface area contributed by atoms with Gasteiger partial charge in [0.15, 0.2) is 22.3 Å². The lowest BCUT2D eigenvalue weighted by molar-refractivity contribution is 0.590. The first-order valence-electron chi connectivity index (χ1n) is 42.7. The molecular weight excluding hydrogens is 1500 g/mol. The van der Waals surface area contributed by atoms with E-state index in [0.29, 0.717) is 0 Å². The number of para-hydroxylation sites is 8. The quantitative estimate of drug-likeness (QED) is 0.0998. The molecule has 588 valence electrons. The third kappa shape index (κ3) is 11.1. The summed E-state index contributed by atoms with van der Waals surface area (Å²) in [5.74, 6) is 0. The molecule has 0 bridgehead atoms. The van der Waals surface area contributed by atoms with E-state index >= 15 is 0 Å². The van der Waals surface area contributed by atoms with Crippen molar-refractivity contribution < 1.29 is 17.7 Å². The average molecular weight is 1590 g/mol. The smallest absolute Gasteiger partial charge is 0.159 e. The van der Waals surface area contributed by atoms with Crippen LogP contribution in [0.15, 0.2) is 382 Å². The maximum atomic E-state index is 7.04. The molecule has 0 N–H and O–H groups in total. The molecule has 8 nitrogen and oxygen atoms in total. The van der Waals surface area contributed by atoms with E-state index in [4.69, 9.17) is 17.7 Å². The predicted molar refractivity (Wildman–Crippen MR) is 518 cm³/mol. The summed E-state index contributed by atoms with van der Waals surface area (Å²) < 4.78 is 27.9. The van der Waals surface area contributed by atoms with Crippen LogP contribution in [0.5, 0.6) is 0 Å². The van der Waals surface area contributed by atoms with Crippen molar-refractivity contribution in [3.8, 4) is 0 Å². The maximum absolute atomic E-state index is 7.04. The van der Waals surface area contributed by atoms with E-state index < -0.39 is 5.41 Å². The summed E-state index contributed by atoms with van der Waals surface area (Å²) in [6.07, 6.45) is 0. The van der Waals surface area contributed by atoms with E-state index in [9.17, 15) is 0 Å². The van der Waals surface area contributed by atoms with E-state index in [1.54, 1.807) is 0 Å². The Hall–Kier alpha value is -15.1. The van der Waals surface area contributed by atoms with Crippen LogP contribution < -0.4 is 19.6 Å². The summed E-state index contributed by atoms with van der Waals surface area (Å²) in [7, 11) is 0. The van der Waals surface area contributed by atoms with Crippen LogP contribution in [0.1, 0.15) is 77.6 Å². The molecule has 0 aliphatic carbocycles. The predicted octanol–water partition coefficient (Wildman–Crippen LogP) is 33.9. The van der Waals surface area contributed by atoms with E-state index in [0.717, 1.165) is 199 Å². The van der Waals surface area contributed by atoms with Crippen LogP contribution in [-0.2, 0) is 16.2 Å². The van der Waals surface area contributed by atoms with Gasteiger partial charge in [0.2, 0.25) is 0 Å². The fourth-order valence-electron chi connectivity index (χ4n) is 20.0. The molecule has 0 saturated heterocycles. The number of fused-ring (bicyclic) bond motifs is 12. The largest absolute Gasteiger partial charge is 0.454 e. The molecule has 0 radical (unpaired) electrons. The van der Waals surface area contributed by atoms with Gasteiger partial charge in [-0.3, -0.25) is 0 Å². The van der Waals surface area contributed by atoms with Crippen molar-refractivity contribution >= 4 is 221 Å². The highest BCUT2D eigenvalue weighted by Crippen LogP contribution is 2.55. The lowest BCUT2D eigenvalue weighted by atomic mass is 9.78. The zero-order chi connectivity index (χ0) is 82.5. The van der Waals surface area contributed by atoms with Crippen molar-refractivity contribution in [1.29, 1.82) is 0 Å². The summed E-state index contributed by atoms with van der Waals surface area (Å²) in [5.41, 5.74) is 23.2. The minimum Gasteiger partial charge on any atom is -0.454 e. The third-order valence-corrected chi connectivity index (χ3v) is 26.4. The molecule has 8 heteroatoms. The topological polar surface area (TPSA) is 65.5 Å². The van der Waals surface area contributed by atoms with Crippen molar-refractivity contribution in [2.24, 2.45) is 0 Å². The second-order valence-electron chi connectivity index (χ2n) is 35.8. The number of benzene rings is 20. The van der Waals surface area contributed by atoms with E-state index in [1.807, 2.05) is 12.1 Å². The Balaban J connectivity index is 0.635. The minimum atomic E-state index is -0.462. The second kappa shape index (κ2) is 26.9. The van der Waals surface area contributed by atoms with Gasteiger partial charge >= 0.3 is 0 Å². The Bertz CT molecular complexity index is 7890. The first-order chi connectivity index (χ1) is 60.0. The van der Waals surface area contributed by atoms with Crippen molar-refractivity contribution in [3.63, 3.8) is 0 Å². The summed E-state index contributed by atoms with van der Waals surface area (Å²) in [4.78, 5) is 9.67. The number of hydrogen-bond donors (Lipinski definition) is 0. The first-order valence-corrected chi connectivity index (χ1v) is 42.7. The highest BCUT2D eigenvalue weighted by molar-refractivity contribution is 6.31. The number of rotatable bonds is 14. The van der Waals surface area contributed by atoms with Gasteiger partial charge in [-0.15, -0.1) is 0 Å². The molecule has 24 aromatic rings. The Morgan fingerprint density at radius 2 is 0.382 bits per heavy atom. The van der Waals surface area contributed by atoms with Crippen LogP contribution in [0.4, 0.5) is 68.2 Å². The van der Waals surface area contributed by atoms with Crippen LogP contribution in [0, 0.1) is 0 Å². The van der Waals surface area contributed by atoms with Gasteiger partial charge in [-0.25, -0.2) is 0 Å². The first kappa shape index (κ1) is 71.9. The zero-order valence-electron chi connectivity index (χ0n) is 69.6. The van der Waals surface area contributed by atoms with Crippen molar-refractivity contribution in [2.45, 2.75) is 71.6 Å². The second-order valence-corrected chi connectivity index (χ2v) is 35.8. The summed E-state index contributed by atoms with van der Waals surface area (Å²) in [6.45, 7) is 18.3. The molecule has 0 unspecified atom stereocenters. The van der Waals surface area contributed by atoms with Crippen LogP contribution in [-0.4, -0.2) is 0 Å². The van der Waals surface area contributed by atoms with Crippen molar-refractivity contribution in [3.05, 3.63) is 386 Å². The Kier molecular flexibility index (Phi) is 15.8. The highest BCUT2D eigenvalue weighted by Gasteiger charge is 2.32. The molecule has 0 aliphatic heterocycles. The highest BCUT2D eigenvalue weighted by atomic mass is 16.3. The standard InChI is InChI=1S/C115H84N4O4/c1-113(2,3)73-45-53-77(54-46-73)116(97-29-17-25-85-81-21-9-13-33-101(81)120-109(85)97)93-65-41-69-39-63-91-95(67-43-71-37-61-89(93)105(69)107(71)91)118(99-31-19-27-87-83-23-11-15-35-103(83)122-111(87)99)79-57-49-75(50-58-79)115(7,8)76-51-59-80(60-52-76)119(100-32-20-28-88-84-24-12-16-36-104(84)123-112(88)100)96-68-44-72-38-62-90-94(66-42-70-40-64-92(96)108(72)106(70)90)117(78-55-47-74(48-56-78)114(4,5)6)98-30-18-26-86-82-22-10-14-34-102(82)121-110(86)98/h9-68H,1-8H3. The summed E-state index contributed by atoms with van der Waals surface area (Å²) >= 11 is 0. The monoisotopic (exact) mass is 1580 g/mol. The lowest BCUT2D eigenvalue weighted by Gasteiger charge is -2.31. The molecule has 0 amide bonds. The fourth-order valence-corrected chi connectivity index (χ4v) is 20.0. The van der Waals surface area contributed by atoms with Gasteiger partial charge in [0, 0.05) is 92.8 Å². The molecule has 0 saturated carbocycles. The Morgan fingerprint density at radius 1 is 0.171 bits per heavy atom. The zero-order valence-corrected chi connectivity index (χ0v) is 69.6. The van der Waals surface area contributed by atoms with Crippen LogP contribution in [0.25, 0.3) is 152 Å². The molecule has 24 rings (SSSR count).